The van der Waals surface area contributed by atoms with Crippen LogP contribution in [0.15, 0.2) is 48.5 Å². The van der Waals surface area contributed by atoms with Gasteiger partial charge in [0.25, 0.3) is 0 Å². The van der Waals surface area contributed by atoms with Gasteiger partial charge in [-0.2, -0.15) is 0 Å². The Morgan fingerprint density at radius 2 is 1.79 bits per heavy atom. The third kappa shape index (κ3) is 5.58. The number of benzene rings is 2. The van der Waals surface area contributed by atoms with Gasteiger partial charge in [0.15, 0.2) is 0 Å². The normalized spacial score (nSPS) is 10.8. The molecular formula is C22H28ClN3O2. The first-order valence-corrected chi connectivity index (χ1v) is 9.86. The number of H-pyrrole nitrogens is 1. The van der Waals surface area contributed by atoms with Gasteiger partial charge in [-0.05, 0) is 37.8 Å². The number of aromatic carboxylic acids is 1. The van der Waals surface area contributed by atoms with Crippen molar-refractivity contribution in [1.82, 2.24) is 15.2 Å². The molecule has 5 nitrogen and oxygen atoms in total. The van der Waals surface area contributed by atoms with Crippen LogP contribution in [0.3, 0.4) is 0 Å². The third-order valence-electron chi connectivity index (χ3n) is 4.62. The maximum atomic E-state index is 11.3. The first kappa shape index (κ1) is 22.0. The van der Waals surface area contributed by atoms with Crippen LogP contribution < -0.4 is 5.32 Å². The van der Waals surface area contributed by atoms with Gasteiger partial charge in [0.2, 0.25) is 0 Å². The number of likely N-dealkylation sites (N-methyl/N-ethyl adjacent to an activating group) is 2. The third-order valence-corrected chi connectivity index (χ3v) is 4.85. The molecule has 3 aromatic rings. The maximum absolute atomic E-state index is 11.3. The van der Waals surface area contributed by atoms with Crippen LogP contribution in [0.4, 0.5) is 0 Å². The van der Waals surface area contributed by atoms with E-state index in [9.17, 15) is 9.90 Å². The second-order valence-electron chi connectivity index (χ2n) is 6.37. The van der Waals surface area contributed by atoms with Crippen molar-refractivity contribution in [3.8, 4) is 11.3 Å². The molecule has 3 rings (SSSR count). The van der Waals surface area contributed by atoms with Crippen molar-refractivity contribution in [3.63, 3.8) is 0 Å². The van der Waals surface area contributed by atoms with E-state index >= 15 is 0 Å². The molecule has 0 radical (unpaired) electrons. The first-order chi connectivity index (χ1) is 13.5. The average molecular weight is 402 g/mol. The van der Waals surface area contributed by atoms with Crippen LogP contribution in [0.2, 0.25) is 5.02 Å². The second-order valence-corrected chi connectivity index (χ2v) is 6.80. The monoisotopic (exact) mass is 401 g/mol. The van der Waals surface area contributed by atoms with Gasteiger partial charge in [0.05, 0.1) is 5.69 Å². The molecule has 0 unspecified atom stereocenters. The highest BCUT2D eigenvalue weighted by atomic mass is 35.5. The molecule has 6 heteroatoms. The number of hydrogen-bond acceptors (Lipinski definition) is 3. The molecule has 3 N–H and O–H groups in total. The van der Waals surface area contributed by atoms with Crippen molar-refractivity contribution in [2.75, 3.05) is 33.2 Å². The minimum atomic E-state index is -0.977. The van der Waals surface area contributed by atoms with Gasteiger partial charge in [-0.1, -0.05) is 61.8 Å². The van der Waals surface area contributed by atoms with Gasteiger partial charge in [-0.3, -0.25) is 0 Å². The Bertz CT molecular complexity index is 889. The number of carboxylic acids is 1. The number of rotatable bonds is 7. The smallest absolute Gasteiger partial charge is 0.352 e. The Labute approximate surface area is 171 Å². The summed E-state index contributed by atoms with van der Waals surface area (Å²) in [6.45, 7) is 8.99. The molecular weight excluding hydrogens is 374 g/mol. The fourth-order valence-corrected chi connectivity index (χ4v) is 3.18. The van der Waals surface area contributed by atoms with Crippen molar-refractivity contribution >= 4 is 28.3 Å². The molecule has 2 aromatic carbocycles. The van der Waals surface area contributed by atoms with Gasteiger partial charge in [0, 0.05) is 28.9 Å². The van der Waals surface area contributed by atoms with E-state index in [4.69, 9.17) is 11.6 Å². The number of fused-ring (bicyclic) bond motifs is 1. The highest BCUT2D eigenvalue weighted by Gasteiger charge is 2.16. The highest BCUT2D eigenvalue weighted by Crippen LogP contribution is 2.32. The zero-order valence-corrected chi connectivity index (χ0v) is 17.4. The van der Waals surface area contributed by atoms with Crippen molar-refractivity contribution in [2.24, 2.45) is 0 Å². The molecule has 0 aliphatic carbocycles. The van der Waals surface area contributed by atoms with Crippen molar-refractivity contribution in [3.05, 3.63) is 59.2 Å². The van der Waals surface area contributed by atoms with E-state index in [0.29, 0.717) is 10.4 Å². The molecule has 0 saturated heterocycles. The summed E-state index contributed by atoms with van der Waals surface area (Å²) >= 11 is 6.01. The number of carboxylic acid groups (broad SMARTS) is 1. The van der Waals surface area contributed by atoms with Crippen LogP contribution in [0, 0.1) is 0 Å². The number of hydrogen-bond donors (Lipinski definition) is 3. The fourth-order valence-electron chi connectivity index (χ4n) is 3.01. The topological polar surface area (TPSA) is 68.4 Å². The lowest BCUT2D eigenvalue weighted by molar-refractivity contribution is 0.0693. The molecule has 1 aromatic heterocycles. The number of aromatic nitrogens is 1. The molecule has 0 saturated carbocycles. The maximum Gasteiger partial charge on any atom is 0.352 e. The number of nitrogens with one attached hydrogen (secondary N) is 2. The van der Waals surface area contributed by atoms with Crippen molar-refractivity contribution in [2.45, 2.75) is 13.8 Å². The Balaban J connectivity index is 0.000000266. The molecule has 0 fully saturated rings. The summed E-state index contributed by atoms with van der Waals surface area (Å²) in [5.41, 5.74) is 1.89. The van der Waals surface area contributed by atoms with Crippen LogP contribution >= 0.6 is 11.6 Å². The second kappa shape index (κ2) is 10.9. The molecule has 150 valence electrons. The van der Waals surface area contributed by atoms with Crippen molar-refractivity contribution in [1.29, 1.82) is 0 Å². The molecule has 0 aliphatic heterocycles. The molecule has 0 spiro atoms. The fraction of sp³-hybridized carbons (Fsp3) is 0.318. The SMILES string of the molecule is CCN(CC)CCNC.O=C(O)c1[nH]c(-c2ccccc2)c2cc(Cl)ccc12. The highest BCUT2D eigenvalue weighted by molar-refractivity contribution is 6.31. The number of halogens is 1. The van der Waals surface area contributed by atoms with Crippen molar-refractivity contribution < 1.29 is 9.90 Å². The van der Waals surface area contributed by atoms with Crippen LogP contribution in [-0.2, 0) is 0 Å². The lowest BCUT2D eigenvalue weighted by Gasteiger charge is -2.16. The number of nitrogens with zero attached hydrogens (tertiary/aromatic N) is 1. The minimum absolute atomic E-state index is 0.186. The minimum Gasteiger partial charge on any atom is -0.477 e. The lowest BCUT2D eigenvalue weighted by atomic mass is 10.1. The zero-order chi connectivity index (χ0) is 20.5. The van der Waals surface area contributed by atoms with Gasteiger partial charge >= 0.3 is 5.97 Å². The quantitative estimate of drug-likeness (QED) is 0.535. The first-order valence-electron chi connectivity index (χ1n) is 9.48. The standard InChI is InChI=1S/C15H10ClNO2.C7H18N2/c16-10-6-7-11-12(8-10)13(17-14(11)15(18)19)9-4-2-1-3-5-9;1-4-9(5-2)7-6-8-3/h1-8,17H,(H,18,19);8H,4-7H2,1-3H3. The van der Waals surface area contributed by atoms with Crippen LogP contribution in [-0.4, -0.2) is 54.2 Å². The Morgan fingerprint density at radius 3 is 2.36 bits per heavy atom. The van der Waals surface area contributed by atoms with E-state index in [2.05, 4.69) is 29.0 Å². The van der Waals surface area contributed by atoms with Crippen LogP contribution in [0.5, 0.6) is 0 Å². The number of aromatic amines is 1. The molecule has 0 aliphatic rings. The van der Waals surface area contributed by atoms with E-state index in [1.54, 1.807) is 18.2 Å². The largest absolute Gasteiger partial charge is 0.477 e. The average Bonchev–Trinajstić information content (AvgIpc) is 3.09. The summed E-state index contributed by atoms with van der Waals surface area (Å²) < 4.78 is 0. The summed E-state index contributed by atoms with van der Waals surface area (Å²) in [7, 11) is 1.99. The van der Waals surface area contributed by atoms with E-state index < -0.39 is 5.97 Å². The predicted octanol–water partition coefficient (Wildman–Crippen LogP) is 4.73. The summed E-state index contributed by atoms with van der Waals surface area (Å²) in [5.74, 6) is -0.977. The van der Waals surface area contributed by atoms with E-state index in [0.717, 1.165) is 36.3 Å². The van der Waals surface area contributed by atoms with E-state index in [1.165, 1.54) is 6.54 Å². The van der Waals surface area contributed by atoms with Gasteiger partial charge in [-0.25, -0.2) is 4.79 Å². The summed E-state index contributed by atoms with van der Waals surface area (Å²) in [6.07, 6.45) is 0. The van der Waals surface area contributed by atoms with Gasteiger partial charge in [-0.15, -0.1) is 0 Å². The zero-order valence-electron chi connectivity index (χ0n) is 16.6. The molecule has 1 heterocycles. The van der Waals surface area contributed by atoms with Gasteiger partial charge in [0.1, 0.15) is 5.69 Å². The Hall–Kier alpha value is -2.34. The van der Waals surface area contributed by atoms with Gasteiger partial charge < -0.3 is 20.3 Å². The van der Waals surface area contributed by atoms with E-state index in [-0.39, 0.29) is 5.69 Å². The van der Waals surface area contributed by atoms with Crippen LogP contribution in [0.25, 0.3) is 22.0 Å². The predicted molar refractivity (Wildman–Crippen MR) is 117 cm³/mol. The summed E-state index contributed by atoms with van der Waals surface area (Å²) in [4.78, 5) is 16.7. The number of carbonyl (C=O) groups is 1. The molecule has 0 amide bonds. The molecule has 28 heavy (non-hydrogen) atoms. The Morgan fingerprint density at radius 1 is 1.11 bits per heavy atom. The lowest BCUT2D eigenvalue weighted by Crippen LogP contribution is -2.30. The Kier molecular flexibility index (Phi) is 8.51. The van der Waals surface area contributed by atoms with E-state index in [1.807, 2.05) is 37.4 Å². The summed E-state index contributed by atoms with van der Waals surface area (Å²) in [6, 6.07) is 14.8. The molecule has 0 atom stereocenters. The summed E-state index contributed by atoms with van der Waals surface area (Å²) in [5, 5.41) is 14.4. The van der Waals surface area contributed by atoms with Crippen LogP contribution in [0.1, 0.15) is 24.3 Å². The molecule has 0 bridgehead atoms.